The molecule has 21 unspecified atom stereocenters. The molecule has 11 fully saturated rings. The van der Waals surface area contributed by atoms with Crippen LogP contribution in [0.5, 0.6) is 0 Å². The Morgan fingerprint density at radius 2 is 0.922 bits per heavy atom. The molecule has 12 aliphatic carbocycles. The van der Waals surface area contributed by atoms with E-state index < -0.39 is 0 Å². The maximum atomic E-state index is 11.8. The van der Waals surface area contributed by atoms with E-state index in [9.17, 15) is 14.7 Å². The van der Waals surface area contributed by atoms with E-state index in [2.05, 4.69) is 16.9 Å². The summed E-state index contributed by atoms with van der Waals surface area (Å²) in [5.74, 6) is 16.7. The fraction of sp³-hybridized carbons (Fsp3) is 0.909. The van der Waals surface area contributed by atoms with E-state index in [1.165, 1.54) is 71.3 Å². The van der Waals surface area contributed by atoms with Gasteiger partial charge in [0.05, 0.1) is 32.2 Å². The van der Waals surface area contributed by atoms with Crippen LogP contribution >= 0.6 is 0 Å². The summed E-state index contributed by atoms with van der Waals surface area (Å²) in [6.07, 6.45) is 22.7. The van der Waals surface area contributed by atoms with Crippen LogP contribution in [0.4, 0.5) is 0 Å². The Bertz CT molecular complexity index is 1300. The molecule has 0 heterocycles. The molecule has 2 N–H and O–H groups in total. The molecule has 0 aromatic rings. The standard InChI is InChI=1S/C14H20O2.C14H18O2.C12H18O.2C2H6O/c2*1-16-14(15)11-6-9-5-10(11)13-8-3-2-7(4-8)12(9)13;13-10-5-8-4-9(10)12-7-2-1-6(3-7)11(8)12;1-3-2;1-2-3/h7-13H,2-6H2,1H3;2-3,7-13H,4-6H2,1H3;6-13H,1-5H2;1-2H3;3H,2H2,1H3. The summed E-state index contributed by atoms with van der Waals surface area (Å²) in [5.41, 5.74) is 0. The molecule has 11 saturated carbocycles. The number of aliphatic hydroxyl groups is 2. The lowest BCUT2D eigenvalue weighted by Crippen LogP contribution is -2.36. The smallest absolute Gasteiger partial charge is 0.308 e. The molecule has 12 bridgehead atoms. The Balaban J connectivity index is 0.000000102. The molecule has 12 rings (SSSR count). The number of rotatable bonds is 2. The van der Waals surface area contributed by atoms with E-state index in [0.29, 0.717) is 11.8 Å². The first-order valence-electron chi connectivity index (χ1n) is 21.3. The van der Waals surface area contributed by atoms with E-state index in [0.717, 1.165) is 114 Å². The van der Waals surface area contributed by atoms with E-state index in [1.54, 1.807) is 28.3 Å². The number of fused-ring (bicyclic) bond motifs is 27. The lowest BCUT2D eigenvalue weighted by Gasteiger charge is -2.37. The minimum Gasteiger partial charge on any atom is -0.469 e. The topological polar surface area (TPSA) is 102 Å². The van der Waals surface area contributed by atoms with Crippen LogP contribution in [-0.4, -0.2) is 63.3 Å². The maximum absolute atomic E-state index is 11.8. The normalized spacial score (nSPS) is 53.2. The summed E-state index contributed by atoms with van der Waals surface area (Å²) >= 11 is 0. The SMILES string of the molecule is CCO.COC.COC(=O)C1CC2CC1C1C3C=CC(C3)C21.COC(=O)C1CC2CC1C1C3CCC(C3)C21.OC1CC2CC1C1C3CCC(C3)C21. The molecule has 7 nitrogen and oxygen atoms in total. The molecule has 0 radical (unpaired) electrons. The van der Waals surface area contributed by atoms with Crippen molar-refractivity contribution in [2.24, 2.45) is 118 Å². The summed E-state index contributed by atoms with van der Waals surface area (Å²) in [7, 11) is 6.33. The van der Waals surface area contributed by atoms with Gasteiger partial charge in [-0.3, -0.25) is 9.59 Å². The minimum absolute atomic E-state index is 0.0534. The maximum Gasteiger partial charge on any atom is 0.308 e. The quantitative estimate of drug-likeness (QED) is 0.180. The summed E-state index contributed by atoms with van der Waals surface area (Å²) in [6.45, 7) is 1.93. The fourth-order valence-corrected chi connectivity index (χ4v) is 17.0. The highest BCUT2D eigenvalue weighted by atomic mass is 16.5. The largest absolute Gasteiger partial charge is 0.469 e. The van der Waals surface area contributed by atoms with Crippen molar-refractivity contribution in [1.82, 2.24) is 0 Å². The molecule has 0 amide bonds. The van der Waals surface area contributed by atoms with Gasteiger partial charge in [-0.15, -0.1) is 0 Å². The summed E-state index contributed by atoms with van der Waals surface area (Å²) < 4.78 is 14.2. The van der Waals surface area contributed by atoms with Gasteiger partial charge in [0.15, 0.2) is 0 Å². The van der Waals surface area contributed by atoms with Crippen LogP contribution in [0.1, 0.15) is 90.4 Å². The monoisotopic (exact) mass is 708 g/mol. The van der Waals surface area contributed by atoms with Gasteiger partial charge < -0.3 is 24.4 Å². The van der Waals surface area contributed by atoms with Crippen molar-refractivity contribution in [3.63, 3.8) is 0 Å². The third kappa shape index (κ3) is 5.90. The second kappa shape index (κ2) is 14.7. The molecule has 0 aromatic heterocycles. The fourth-order valence-electron chi connectivity index (χ4n) is 17.0. The lowest BCUT2D eigenvalue weighted by atomic mass is 9.67. The van der Waals surface area contributed by atoms with Crippen molar-refractivity contribution in [3.05, 3.63) is 12.2 Å². The molecule has 21 atom stereocenters. The first kappa shape index (κ1) is 36.5. The molecular formula is C44H68O7. The van der Waals surface area contributed by atoms with Gasteiger partial charge in [-0.2, -0.15) is 0 Å². The average Bonchev–Trinajstić information content (AvgIpc) is 3.98. The van der Waals surface area contributed by atoms with Crippen molar-refractivity contribution in [2.45, 2.75) is 96.5 Å². The Kier molecular flexibility index (Phi) is 10.5. The van der Waals surface area contributed by atoms with E-state index in [4.69, 9.17) is 14.6 Å². The molecule has 0 aliphatic heterocycles. The van der Waals surface area contributed by atoms with Gasteiger partial charge in [0.25, 0.3) is 0 Å². The molecule has 12 aliphatic rings. The molecule has 7 heteroatoms. The number of hydrogen-bond donors (Lipinski definition) is 2. The molecule has 0 spiro atoms. The summed E-state index contributed by atoms with van der Waals surface area (Å²) in [6, 6.07) is 0. The molecule has 0 saturated heterocycles. The second-order valence-corrected chi connectivity index (χ2v) is 19.3. The third-order valence-corrected chi connectivity index (χ3v) is 17.7. The van der Waals surface area contributed by atoms with Crippen molar-refractivity contribution in [1.29, 1.82) is 0 Å². The van der Waals surface area contributed by atoms with E-state index >= 15 is 0 Å². The first-order chi connectivity index (χ1) is 24.8. The summed E-state index contributed by atoms with van der Waals surface area (Å²) in [5, 5.41) is 17.5. The predicted molar refractivity (Wildman–Crippen MR) is 195 cm³/mol. The number of carbonyl (C=O) groups excluding carboxylic acids is 2. The van der Waals surface area contributed by atoms with Crippen LogP contribution in [0.25, 0.3) is 0 Å². The number of hydrogen-bond acceptors (Lipinski definition) is 7. The van der Waals surface area contributed by atoms with Gasteiger partial charge in [0.1, 0.15) is 0 Å². The van der Waals surface area contributed by atoms with Gasteiger partial charge in [0, 0.05) is 20.8 Å². The Hall–Kier alpha value is -1.44. The van der Waals surface area contributed by atoms with Crippen LogP contribution in [0.2, 0.25) is 0 Å². The van der Waals surface area contributed by atoms with E-state index in [-0.39, 0.29) is 36.5 Å². The van der Waals surface area contributed by atoms with Crippen LogP contribution in [0, 0.1) is 118 Å². The first-order valence-corrected chi connectivity index (χ1v) is 21.3. The third-order valence-electron chi connectivity index (χ3n) is 17.7. The highest BCUT2D eigenvalue weighted by Crippen LogP contribution is 2.70. The average molecular weight is 709 g/mol. The number of ether oxygens (including phenoxy) is 3. The summed E-state index contributed by atoms with van der Waals surface area (Å²) in [4.78, 5) is 23.5. The molecular weight excluding hydrogens is 640 g/mol. The van der Waals surface area contributed by atoms with Gasteiger partial charge in [0.2, 0.25) is 0 Å². The number of esters is 2. The second-order valence-electron chi connectivity index (χ2n) is 19.3. The van der Waals surface area contributed by atoms with Crippen LogP contribution < -0.4 is 0 Å². The van der Waals surface area contributed by atoms with Gasteiger partial charge in [-0.25, -0.2) is 0 Å². The molecule has 286 valence electrons. The van der Waals surface area contributed by atoms with Crippen molar-refractivity contribution >= 4 is 11.9 Å². The van der Waals surface area contributed by atoms with Crippen LogP contribution in [0.15, 0.2) is 12.2 Å². The number of aliphatic hydroxyl groups excluding tert-OH is 2. The zero-order chi connectivity index (χ0) is 35.7. The van der Waals surface area contributed by atoms with Gasteiger partial charge in [-0.1, -0.05) is 12.2 Å². The zero-order valence-corrected chi connectivity index (χ0v) is 32.1. The van der Waals surface area contributed by atoms with E-state index in [1.807, 2.05) is 0 Å². The molecule has 51 heavy (non-hydrogen) atoms. The predicted octanol–water partition coefficient (Wildman–Crippen LogP) is 7.04. The van der Waals surface area contributed by atoms with Gasteiger partial charge >= 0.3 is 11.9 Å². The van der Waals surface area contributed by atoms with Crippen molar-refractivity contribution in [2.75, 3.05) is 35.0 Å². The van der Waals surface area contributed by atoms with Crippen molar-refractivity contribution < 1.29 is 34.0 Å². The molecule has 0 aromatic carbocycles. The Labute approximate surface area is 307 Å². The van der Waals surface area contributed by atoms with Crippen LogP contribution in [0.3, 0.4) is 0 Å². The Morgan fingerprint density at radius 3 is 1.43 bits per heavy atom. The van der Waals surface area contributed by atoms with Crippen molar-refractivity contribution in [3.8, 4) is 0 Å². The highest BCUT2D eigenvalue weighted by molar-refractivity contribution is 5.74. The lowest BCUT2D eigenvalue weighted by molar-refractivity contribution is -0.149. The van der Waals surface area contributed by atoms with Crippen LogP contribution in [-0.2, 0) is 23.8 Å². The number of methoxy groups -OCH3 is 3. The Morgan fingerprint density at radius 1 is 0.529 bits per heavy atom. The van der Waals surface area contributed by atoms with Gasteiger partial charge in [-0.05, 0) is 197 Å². The zero-order valence-electron chi connectivity index (χ0n) is 32.1. The highest BCUT2D eigenvalue weighted by Gasteiger charge is 2.65. The number of allylic oxidation sites excluding steroid dienone is 2. The number of carbonyl (C=O) groups is 2. The minimum atomic E-state index is 0.0534.